The number of hydrogen-bond acceptors (Lipinski definition) is 3. The second-order valence-electron chi connectivity index (χ2n) is 5.88. The molecule has 0 radical (unpaired) electrons. The standard InChI is InChI=1S/C19H25NO2/c1-2-21-11-12-22-19-10-9-16-5-3-4-6-17(16)18(19)14-20-13-15-7-8-15/h3-6,9-10,15,20H,2,7-8,11-14H2,1H3. The van der Waals surface area contributed by atoms with E-state index >= 15 is 0 Å². The van der Waals surface area contributed by atoms with Gasteiger partial charge in [-0.3, -0.25) is 0 Å². The van der Waals surface area contributed by atoms with Crippen LogP contribution >= 0.6 is 0 Å². The highest BCUT2D eigenvalue weighted by molar-refractivity contribution is 5.87. The minimum absolute atomic E-state index is 0.599. The lowest BCUT2D eigenvalue weighted by Crippen LogP contribution is -2.17. The Balaban J connectivity index is 1.74. The van der Waals surface area contributed by atoms with Gasteiger partial charge in [-0.2, -0.15) is 0 Å². The Hall–Kier alpha value is -1.58. The summed E-state index contributed by atoms with van der Waals surface area (Å²) in [7, 11) is 0. The van der Waals surface area contributed by atoms with E-state index in [0.717, 1.165) is 31.4 Å². The van der Waals surface area contributed by atoms with Crippen LogP contribution in [0.15, 0.2) is 36.4 Å². The molecule has 2 aromatic carbocycles. The summed E-state index contributed by atoms with van der Waals surface area (Å²) in [6.07, 6.45) is 2.75. The largest absolute Gasteiger partial charge is 0.491 e. The van der Waals surface area contributed by atoms with E-state index in [1.807, 2.05) is 6.92 Å². The van der Waals surface area contributed by atoms with Crippen LogP contribution in [0, 0.1) is 5.92 Å². The minimum atomic E-state index is 0.599. The molecule has 2 aromatic rings. The van der Waals surface area contributed by atoms with Gasteiger partial charge < -0.3 is 14.8 Å². The highest BCUT2D eigenvalue weighted by Gasteiger charge is 2.20. The highest BCUT2D eigenvalue weighted by Crippen LogP contribution is 2.30. The Bertz CT molecular complexity index is 607. The number of benzene rings is 2. The molecule has 1 aliphatic carbocycles. The van der Waals surface area contributed by atoms with Crippen molar-refractivity contribution in [3.8, 4) is 5.75 Å². The van der Waals surface area contributed by atoms with Crippen LogP contribution < -0.4 is 10.1 Å². The van der Waals surface area contributed by atoms with Gasteiger partial charge in [-0.15, -0.1) is 0 Å². The predicted molar refractivity (Wildman–Crippen MR) is 90.4 cm³/mol. The van der Waals surface area contributed by atoms with Gasteiger partial charge >= 0.3 is 0 Å². The number of fused-ring (bicyclic) bond motifs is 1. The van der Waals surface area contributed by atoms with Crippen molar-refractivity contribution < 1.29 is 9.47 Å². The molecule has 1 N–H and O–H groups in total. The number of hydrogen-bond donors (Lipinski definition) is 1. The van der Waals surface area contributed by atoms with Crippen molar-refractivity contribution in [3.63, 3.8) is 0 Å². The van der Waals surface area contributed by atoms with Crippen molar-refractivity contribution in [2.45, 2.75) is 26.3 Å². The van der Waals surface area contributed by atoms with Crippen LogP contribution in [0.2, 0.25) is 0 Å². The number of ether oxygens (including phenoxy) is 2. The first kappa shape index (κ1) is 15.3. The minimum Gasteiger partial charge on any atom is -0.491 e. The molecular weight excluding hydrogens is 274 g/mol. The van der Waals surface area contributed by atoms with Crippen LogP contribution in [0.1, 0.15) is 25.3 Å². The Morgan fingerprint density at radius 3 is 2.77 bits per heavy atom. The molecule has 0 unspecified atom stereocenters. The molecule has 0 heterocycles. The summed E-state index contributed by atoms with van der Waals surface area (Å²) in [5.74, 6) is 1.86. The maximum absolute atomic E-state index is 5.96. The lowest BCUT2D eigenvalue weighted by atomic mass is 10.0. The molecule has 118 valence electrons. The van der Waals surface area contributed by atoms with Crippen molar-refractivity contribution in [3.05, 3.63) is 42.0 Å². The van der Waals surface area contributed by atoms with Crippen molar-refractivity contribution in [1.82, 2.24) is 5.32 Å². The molecule has 0 saturated heterocycles. The fourth-order valence-corrected chi connectivity index (χ4v) is 2.71. The monoisotopic (exact) mass is 299 g/mol. The third-order valence-electron chi connectivity index (χ3n) is 4.12. The summed E-state index contributed by atoms with van der Waals surface area (Å²) in [5.41, 5.74) is 1.26. The highest BCUT2D eigenvalue weighted by atomic mass is 16.5. The Morgan fingerprint density at radius 2 is 1.95 bits per heavy atom. The lowest BCUT2D eigenvalue weighted by molar-refractivity contribution is 0.110. The zero-order valence-corrected chi connectivity index (χ0v) is 13.3. The van der Waals surface area contributed by atoms with E-state index in [4.69, 9.17) is 9.47 Å². The topological polar surface area (TPSA) is 30.5 Å². The summed E-state index contributed by atoms with van der Waals surface area (Å²) in [6, 6.07) is 12.7. The summed E-state index contributed by atoms with van der Waals surface area (Å²) >= 11 is 0. The smallest absolute Gasteiger partial charge is 0.124 e. The van der Waals surface area contributed by atoms with Gasteiger partial charge in [-0.1, -0.05) is 30.3 Å². The molecule has 0 bridgehead atoms. The van der Waals surface area contributed by atoms with E-state index in [-0.39, 0.29) is 0 Å². The van der Waals surface area contributed by atoms with E-state index in [1.165, 1.54) is 29.2 Å². The van der Waals surface area contributed by atoms with Crippen molar-refractivity contribution >= 4 is 10.8 Å². The molecule has 1 saturated carbocycles. The molecular formula is C19H25NO2. The van der Waals surface area contributed by atoms with E-state index in [9.17, 15) is 0 Å². The normalized spacial score (nSPS) is 14.4. The molecule has 0 atom stereocenters. The Morgan fingerprint density at radius 1 is 1.09 bits per heavy atom. The fourth-order valence-electron chi connectivity index (χ4n) is 2.71. The van der Waals surface area contributed by atoms with Crippen LogP contribution in [-0.2, 0) is 11.3 Å². The van der Waals surface area contributed by atoms with Crippen LogP contribution in [-0.4, -0.2) is 26.4 Å². The van der Waals surface area contributed by atoms with Crippen LogP contribution in [0.3, 0.4) is 0 Å². The zero-order valence-electron chi connectivity index (χ0n) is 13.3. The third kappa shape index (κ3) is 3.99. The zero-order chi connectivity index (χ0) is 15.2. The van der Waals surface area contributed by atoms with Gasteiger partial charge in [0, 0.05) is 18.7 Å². The SMILES string of the molecule is CCOCCOc1ccc2ccccc2c1CNCC1CC1. The van der Waals surface area contributed by atoms with Gasteiger partial charge in [-0.05, 0) is 49.1 Å². The molecule has 0 aliphatic heterocycles. The average Bonchev–Trinajstić information content (AvgIpc) is 3.37. The van der Waals surface area contributed by atoms with Crippen molar-refractivity contribution in [1.29, 1.82) is 0 Å². The van der Waals surface area contributed by atoms with E-state index in [1.54, 1.807) is 0 Å². The maximum Gasteiger partial charge on any atom is 0.124 e. The molecule has 22 heavy (non-hydrogen) atoms. The molecule has 1 fully saturated rings. The van der Waals surface area contributed by atoms with Crippen LogP contribution in [0.25, 0.3) is 10.8 Å². The molecule has 3 rings (SSSR count). The van der Waals surface area contributed by atoms with Gasteiger partial charge in [0.1, 0.15) is 12.4 Å². The van der Waals surface area contributed by atoms with Crippen molar-refractivity contribution in [2.75, 3.05) is 26.4 Å². The van der Waals surface area contributed by atoms with Gasteiger partial charge in [0.05, 0.1) is 6.61 Å². The maximum atomic E-state index is 5.96. The molecule has 0 aromatic heterocycles. The average molecular weight is 299 g/mol. The summed E-state index contributed by atoms with van der Waals surface area (Å²) in [4.78, 5) is 0. The molecule has 0 spiro atoms. The quantitative estimate of drug-likeness (QED) is 0.715. The second kappa shape index (κ2) is 7.61. The first-order valence-corrected chi connectivity index (χ1v) is 8.30. The molecule has 3 nitrogen and oxygen atoms in total. The molecule has 3 heteroatoms. The predicted octanol–water partition coefficient (Wildman–Crippen LogP) is 3.75. The van der Waals surface area contributed by atoms with Crippen LogP contribution in [0.5, 0.6) is 5.75 Å². The third-order valence-corrected chi connectivity index (χ3v) is 4.12. The van der Waals surface area contributed by atoms with E-state index in [0.29, 0.717) is 13.2 Å². The van der Waals surface area contributed by atoms with Gasteiger partial charge in [0.2, 0.25) is 0 Å². The summed E-state index contributed by atoms with van der Waals surface area (Å²) in [6.45, 7) is 5.95. The number of nitrogens with one attached hydrogen (secondary N) is 1. The fraction of sp³-hybridized carbons (Fsp3) is 0.474. The Kier molecular flexibility index (Phi) is 5.30. The lowest BCUT2D eigenvalue weighted by Gasteiger charge is -2.15. The van der Waals surface area contributed by atoms with E-state index < -0.39 is 0 Å². The molecule has 1 aliphatic rings. The second-order valence-corrected chi connectivity index (χ2v) is 5.88. The van der Waals surface area contributed by atoms with Gasteiger partial charge in [0.15, 0.2) is 0 Å². The summed E-state index contributed by atoms with van der Waals surface area (Å²) in [5, 5.41) is 6.13. The van der Waals surface area contributed by atoms with Crippen molar-refractivity contribution in [2.24, 2.45) is 5.92 Å². The van der Waals surface area contributed by atoms with Gasteiger partial charge in [-0.25, -0.2) is 0 Å². The number of rotatable bonds is 9. The van der Waals surface area contributed by atoms with Gasteiger partial charge in [0.25, 0.3) is 0 Å². The van der Waals surface area contributed by atoms with Crippen LogP contribution in [0.4, 0.5) is 0 Å². The van der Waals surface area contributed by atoms with E-state index in [2.05, 4.69) is 41.7 Å². The molecule has 0 amide bonds. The first-order chi connectivity index (χ1) is 10.9. The summed E-state index contributed by atoms with van der Waals surface area (Å²) < 4.78 is 11.3. The Labute approximate surface area is 132 Å². The first-order valence-electron chi connectivity index (χ1n) is 8.30.